The molecule has 0 amide bonds. The lowest BCUT2D eigenvalue weighted by molar-refractivity contribution is -0.385. The molecule has 0 fully saturated rings. The lowest BCUT2D eigenvalue weighted by Gasteiger charge is -2.04. The number of hydrogen-bond acceptors (Lipinski definition) is 4. The molecule has 0 radical (unpaired) electrons. The average Bonchev–Trinajstić information content (AvgIpc) is 2.23. The van der Waals surface area contributed by atoms with E-state index in [1.165, 1.54) is 24.3 Å². The Morgan fingerprint density at radius 2 is 2.29 bits per heavy atom. The van der Waals surface area contributed by atoms with Crippen LogP contribution in [0.3, 0.4) is 0 Å². The van der Waals surface area contributed by atoms with Gasteiger partial charge >= 0.3 is 5.97 Å². The highest BCUT2D eigenvalue weighted by atomic mass is 16.6. The molecule has 0 saturated carbocycles. The topological polar surface area (TPSA) is 89.7 Å². The third-order valence-electron chi connectivity index (χ3n) is 1.97. The third-order valence-corrected chi connectivity index (χ3v) is 1.97. The summed E-state index contributed by atoms with van der Waals surface area (Å²) in [7, 11) is 0. The summed E-state index contributed by atoms with van der Waals surface area (Å²) in [6.07, 6.45) is 2.32. The molecule has 0 unspecified atom stereocenters. The number of aryl methyl sites for hydroxylation is 1. The van der Waals surface area contributed by atoms with Gasteiger partial charge in [0.25, 0.3) is 5.69 Å². The summed E-state index contributed by atoms with van der Waals surface area (Å²) in [5.41, 5.74) is 0.521. The van der Waals surface area contributed by atoms with Crippen LogP contribution in [-0.4, -0.2) is 22.6 Å². The Labute approximate surface area is 97.3 Å². The van der Waals surface area contributed by atoms with Gasteiger partial charge in [0.15, 0.2) is 0 Å². The maximum absolute atomic E-state index is 10.6. The van der Waals surface area contributed by atoms with E-state index in [1.807, 2.05) is 0 Å². The first-order valence-corrected chi connectivity index (χ1v) is 4.78. The van der Waals surface area contributed by atoms with Crippen LogP contribution in [0.4, 0.5) is 5.69 Å². The molecule has 1 rings (SSSR count). The summed E-state index contributed by atoms with van der Waals surface area (Å²) in [5.74, 6) is -0.586. The van der Waals surface area contributed by atoms with Crippen LogP contribution in [0, 0.1) is 17.0 Å². The van der Waals surface area contributed by atoms with Crippen molar-refractivity contribution in [2.75, 3.05) is 6.61 Å². The van der Waals surface area contributed by atoms with Crippen molar-refractivity contribution in [3.05, 3.63) is 46.0 Å². The Bertz CT molecular complexity index is 467. The van der Waals surface area contributed by atoms with Crippen molar-refractivity contribution in [1.29, 1.82) is 0 Å². The zero-order chi connectivity index (χ0) is 12.8. The average molecular weight is 237 g/mol. The Hall–Kier alpha value is -2.37. The third kappa shape index (κ3) is 3.94. The molecular formula is C11H11NO5. The number of nitro benzene ring substituents is 1. The predicted molar refractivity (Wildman–Crippen MR) is 60.1 cm³/mol. The maximum Gasteiger partial charge on any atom is 0.328 e. The first-order chi connectivity index (χ1) is 8.00. The van der Waals surface area contributed by atoms with E-state index in [4.69, 9.17) is 9.84 Å². The number of aliphatic carboxylic acids is 1. The van der Waals surface area contributed by atoms with E-state index in [2.05, 4.69) is 0 Å². The lowest BCUT2D eigenvalue weighted by atomic mass is 10.2. The molecule has 0 saturated heterocycles. The fourth-order valence-electron chi connectivity index (χ4n) is 1.22. The van der Waals surface area contributed by atoms with E-state index in [0.717, 1.165) is 6.08 Å². The zero-order valence-corrected chi connectivity index (χ0v) is 9.12. The van der Waals surface area contributed by atoms with Gasteiger partial charge in [-0.15, -0.1) is 0 Å². The maximum atomic E-state index is 10.6. The molecule has 0 aliphatic carbocycles. The van der Waals surface area contributed by atoms with Crippen LogP contribution in [0.25, 0.3) is 0 Å². The molecule has 1 aromatic rings. The highest BCUT2D eigenvalue weighted by molar-refractivity contribution is 5.79. The Morgan fingerprint density at radius 3 is 2.82 bits per heavy atom. The first-order valence-electron chi connectivity index (χ1n) is 4.78. The molecule has 6 nitrogen and oxygen atoms in total. The molecule has 1 aromatic carbocycles. The standard InChI is InChI=1S/C11H11NO5/c1-8-7-9(4-5-10(8)12(15)16)17-6-2-3-11(13)14/h2-5,7H,6H2,1H3,(H,13,14). The van der Waals surface area contributed by atoms with E-state index in [-0.39, 0.29) is 12.3 Å². The second kappa shape index (κ2) is 5.64. The van der Waals surface area contributed by atoms with Crippen LogP contribution in [0.2, 0.25) is 0 Å². The normalized spacial score (nSPS) is 10.4. The minimum Gasteiger partial charge on any atom is -0.490 e. The van der Waals surface area contributed by atoms with E-state index >= 15 is 0 Å². The highest BCUT2D eigenvalue weighted by Crippen LogP contribution is 2.22. The van der Waals surface area contributed by atoms with Gasteiger partial charge in [0, 0.05) is 17.7 Å². The Kier molecular flexibility index (Phi) is 4.21. The molecule has 17 heavy (non-hydrogen) atoms. The Morgan fingerprint density at radius 1 is 1.59 bits per heavy atom. The summed E-state index contributed by atoms with van der Waals surface area (Å²) >= 11 is 0. The molecule has 0 atom stereocenters. The lowest BCUT2D eigenvalue weighted by Crippen LogP contribution is -1.97. The number of nitro groups is 1. The minimum absolute atomic E-state index is 0.0263. The van der Waals surface area contributed by atoms with Crippen LogP contribution in [0.5, 0.6) is 5.75 Å². The number of benzene rings is 1. The van der Waals surface area contributed by atoms with Crippen LogP contribution in [-0.2, 0) is 4.79 Å². The van der Waals surface area contributed by atoms with Crippen molar-refractivity contribution in [2.24, 2.45) is 0 Å². The van der Waals surface area contributed by atoms with E-state index in [9.17, 15) is 14.9 Å². The summed E-state index contributed by atoms with van der Waals surface area (Å²) in [6, 6.07) is 4.36. The number of carboxylic acid groups (broad SMARTS) is 1. The second-order valence-electron chi connectivity index (χ2n) is 3.26. The van der Waals surface area contributed by atoms with Crippen LogP contribution >= 0.6 is 0 Å². The van der Waals surface area contributed by atoms with E-state index < -0.39 is 10.9 Å². The number of carboxylic acids is 1. The summed E-state index contributed by atoms with van der Waals surface area (Å²) in [4.78, 5) is 20.3. The van der Waals surface area contributed by atoms with Gasteiger partial charge in [-0.05, 0) is 25.1 Å². The van der Waals surface area contributed by atoms with E-state index in [1.54, 1.807) is 6.92 Å². The largest absolute Gasteiger partial charge is 0.490 e. The van der Waals surface area contributed by atoms with Crippen LogP contribution < -0.4 is 4.74 Å². The fourth-order valence-corrected chi connectivity index (χ4v) is 1.22. The van der Waals surface area contributed by atoms with Gasteiger partial charge in [-0.25, -0.2) is 4.79 Å². The number of nitrogens with zero attached hydrogens (tertiary/aromatic N) is 1. The summed E-state index contributed by atoms with van der Waals surface area (Å²) in [5, 5.41) is 18.9. The molecular weight excluding hydrogens is 226 g/mol. The fraction of sp³-hybridized carbons (Fsp3) is 0.182. The monoisotopic (exact) mass is 237 g/mol. The van der Waals surface area contributed by atoms with Crippen molar-refractivity contribution < 1.29 is 19.6 Å². The second-order valence-corrected chi connectivity index (χ2v) is 3.26. The van der Waals surface area contributed by atoms with Gasteiger partial charge in [0.05, 0.1) is 4.92 Å². The van der Waals surface area contributed by atoms with Gasteiger partial charge in [-0.2, -0.15) is 0 Å². The zero-order valence-electron chi connectivity index (χ0n) is 9.12. The molecule has 1 N–H and O–H groups in total. The molecule has 0 aliphatic rings. The highest BCUT2D eigenvalue weighted by Gasteiger charge is 2.10. The number of ether oxygens (including phenoxy) is 1. The van der Waals surface area contributed by atoms with Crippen molar-refractivity contribution in [3.63, 3.8) is 0 Å². The predicted octanol–water partition coefficient (Wildman–Crippen LogP) is 1.92. The Balaban J connectivity index is 2.65. The number of carbonyl (C=O) groups is 1. The molecule has 0 heterocycles. The van der Waals surface area contributed by atoms with Crippen LogP contribution in [0.1, 0.15) is 5.56 Å². The molecule has 0 aliphatic heterocycles. The molecule has 0 bridgehead atoms. The SMILES string of the molecule is Cc1cc(OCC=CC(=O)O)ccc1[N+](=O)[O-]. The number of rotatable bonds is 5. The van der Waals surface area contributed by atoms with Gasteiger partial charge in [0.2, 0.25) is 0 Å². The van der Waals surface area contributed by atoms with Gasteiger partial charge < -0.3 is 9.84 Å². The summed E-state index contributed by atoms with van der Waals surface area (Å²) in [6.45, 7) is 1.71. The van der Waals surface area contributed by atoms with E-state index in [0.29, 0.717) is 11.3 Å². The van der Waals surface area contributed by atoms with Crippen molar-refractivity contribution in [3.8, 4) is 5.75 Å². The summed E-state index contributed by atoms with van der Waals surface area (Å²) < 4.78 is 5.20. The quantitative estimate of drug-likeness (QED) is 0.480. The van der Waals surface area contributed by atoms with Crippen molar-refractivity contribution in [2.45, 2.75) is 6.92 Å². The smallest absolute Gasteiger partial charge is 0.328 e. The minimum atomic E-state index is -1.05. The molecule has 90 valence electrons. The van der Waals surface area contributed by atoms with Crippen LogP contribution in [0.15, 0.2) is 30.4 Å². The molecule has 0 aromatic heterocycles. The van der Waals surface area contributed by atoms with Gasteiger partial charge in [-0.1, -0.05) is 0 Å². The van der Waals surface area contributed by atoms with Crippen molar-refractivity contribution >= 4 is 11.7 Å². The van der Waals surface area contributed by atoms with Gasteiger partial charge in [-0.3, -0.25) is 10.1 Å². The molecule has 6 heteroatoms. The van der Waals surface area contributed by atoms with Gasteiger partial charge in [0.1, 0.15) is 12.4 Å². The molecule has 0 spiro atoms. The first kappa shape index (κ1) is 12.7. The van der Waals surface area contributed by atoms with Crippen molar-refractivity contribution in [1.82, 2.24) is 0 Å². The number of hydrogen-bond donors (Lipinski definition) is 1.